The van der Waals surface area contributed by atoms with Crippen molar-refractivity contribution in [2.45, 2.75) is 6.61 Å². The number of nitrogen functional groups attached to an aromatic ring is 1. The van der Waals surface area contributed by atoms with Crippen LogP contribution in [0.1, 0.15) is 5.56 Å². The summed E-state index contributed by atoms with van der Waals surface area (Å²) in [6.07, 6.45) is 0. The van der Waals surface area contributed by atoms with E-state index in [0.29, 0.717) is 4.47 Å². The van der Waals surface area contributed by atoms with Gasteiger partial charge >= 0.3 is 0 Å². The summed E-state index contributed by atoms with van der Waals surface area (Å²) in [6, 6.07) is 2.81. The van der Waals surface area contributed by atoms with E-state index in [1.165, 1.54) is 6.07 Å². The first kappa shape index (κ1) is 9.98. The van der Waals surface area contributed by atoms with Crippen LogP contribution in [-0.2, 0) is 16.1 Å². The SMILES string of the molecule is Nc1cc(Br)cc(F)c1COC=O. The molecule has 1 rings (SSSR count). The lowest BCUT2D eigenvalue weighted by atomic mass is 10.2. The molecule has 0 spiro atoms. The molecular weight excluding hydrogens is 241 g/mol. The van der Waals surface area contributed by atoms with Gasteiger partial charge in [0.25, 0.3) is 6.47 Å². The van der Waals surface area contributed by atoms with Crippen LogP contribution in [0.4, 0.5) is 10.1 Å². The summed E-state index contributed by atoms with van der Waals surface area (Å²) in [4.78, 5) is 9.87. The second-order valence-electron chi connectivity index (χ2n) is 2.36. The Kier molecular flexibility index (Phi) is 3.25. The third kappa shape index (κ3) is 2.42. The zero-order valence-corrected chi connectivity index (χ0v) is 8.17. The van der Waals surface area contributed by atoms with Crippen molar-refractivity contribution < 1.29 is 13.9 Å². The van der Waals surface area contributed by atoms with Crippen LogP contribution >= 0.6 is 15.9 Å². The van der Waals surface area contributed by atoms with Crippen molar-refractivity contribution in [3.63, 3.8) is 0 Å². The van der Waals surface area contributed by atoms with Gasteiger partial charge in [0.15, 0.2) is 0 Å². The van der Waals surface area contributed by atoms with E-state index < -0.39 is 5.82 Å². The Morgan fingerprint density at radius 2 is 2.31 bits per heavy atom. The molecule has 0 radical (unpaired) electrons. The van der Waals surface area contributed by atoms with Gasteiger partial charge in [0, 0.05) is 15.7 Å². The van der Waals surface area contributed by atoms with Crippen LogP contribution in [0.15, 0.2) is 16.6 Å². The predicted octanol–water partition coefficient (Wildman–Crippen LogP) is 1.84. The van der Waals surface area contributed by atoms with Gasteiger partial charge in [0.2, 0.25) is 0 Å². The highest BCUT2D eigenvalue weighted by molar-refractivity contribution is 9.10. The van der Waals surface area contributed by atoms with Crippen molar-refractivity contribution in [1.82, 2.24) is 0 Å². The monoisotopic (exact) mass is 247 g/mol. The Labute approximate surface area is 82.8 Å². The summed E-state index contributed by atoms with van der Waals surface area (Å²) in [5.41, 5.74) is 5.95. The standard InChI is InChI=1S/C8H7BrFNO2/c9-5-1-7(10)6(3-13-4-12)8(11)2-5/h1-2,4H,3,11H2. The number of halogens is 2. The molecule has 0 saturated heterocycles. The van der Waals surface area contributed by atoms with Gasteiger partial charge < -0.3 is 10.5 Å². The zero-order chi connectivity index (χ0) is 9.84. The molecule has 0 amide bonds. The Morgan fingerprint density at radius 3 is 2.85 bits per heavy atom. The Morgan fingerprint density at radius 1 is 1.62 bits per heavy atom. The van der Waals surface area contributed by atoms with Crippen molar-refractivity contribution in [3.8, 4) is 0 Å². The van der Waals surface area contributed by atoms with E-state index in [9.17, 15) is 9.18 Å². The summed E-state index contributed by atoms with van der Waals surface area (Å²) in [5, 5.41) is 0. The summed E-state index contributed by atoms with van der Waals surface area (Å²) in [7, 11) is 0. The maximum absolute atomic E-state index is 13.1. The minimum atomic E-state index is -0.492. The summed E-state index contributed by atoms with van der Waals surface area (Å²) in [6.45, 7) is 0.107. The molecule has 0 aliphatic carbocycles. The molecule has 70 valence electrons. The van der Waals surface area contributed by atoms with Gasteiger partial charge in [0.05, 0.1) is 0 Å². The highest BCUT2D eigenvalue weighted by Crippen LogP contribution is 2.22. The van der Waals surface area contributed by atoms with Gasteiger partial charge in [-0.05, 0) is 12.1 Å². The normalized spacial score (nSPS) is 9.69. The minimum Gasteiger partial charge on any atom is -0.463 e. The molecule has 0 bridgehead atoms. The molecule has 0 aliphatic rings. The van der Waals surface area contributed by atoms with E-state index in [4.69, 9.17) is 5.73 Å². The maximum Gasteiger partial charge on any atom is 0.293 e. The highest BCUT2D eigenvalue weighted by Gasteiger charge is 2.07. The molecule has 2 N–H and O–H groups in total. The van der Waals surface area contributed by atoms with Crippen LogP contribution < -0.4 is 5.73 Å². The van der Waals surface area contributed by atoms with Crippen molar-refractivity contribution >= 4 is 28.1 Å². The molecule has 3 nitrogen and oxygen atoms in total. The number of hydrogen-bond acceptors (Lipinski definition) is 3. The number of anilines is 1. The number of ether oxygens (including phenoxy) is 1. The fourth-order valence-corrected chi connectivity index (χ4v) is 1.34. The van der Waals surface area contributed by atoms with Crippen molar-refractivity contribution in [2.75, 3.05) is 5.73 Å². The Balaban J connectivity index is 2.98. The average Bonchev–Trinajstić information content (AvgIpc) is 2.02. The molecule has 0 aromatic heterocycles. The van der Waals surface area contributed by atoms with E-state index >= 15 is 0 Å². The molecule has 0 heterocycles. The molecule has 5 heteroatoms. The van der Waals surface area contributed by atoms with Gasteiger partial charge in [-0.2, -0.15) is 0 Å². The zero-order valence-electron chi connectivity index (χ0n) is 6.59. The third-order valence-electron chi connectivity index (χ3n) is 1.49. The Bertz CT molecular complexity index is 307. The molecule has 13 heavy (non-hydrogen) atoms. The first-order valence-electron chi connectivity index (χ1n) is 3.43. The van der Waals surface area contributed by atoms with Crippen molar-refractivity contribution in [3.05, 3.63) is 28.0 Å². The summed E-state index contributed by atoms with van der Waals surface area (Å²) in [5.74, 6) is -0.492. The van der Waals surface area contributed by atoms with E-state index in [-0.39, 0.29) is 24.3 Å². The first-order chi connectivity index (χ1) is 6.15. The first-order valence-corrected chi connectivity index (χ1v) is 4.23. The van der Waals surface area contributed by atoms with Gasteiger partial charge in [-0.3, -0.25) is 4.79 Å². The lowest BCUT2D eigenvalue weighted by Gasteiger charge is -2.05. The summed E-state index contributed by atoms with van der Waals surface area (Å²) < 4.78 is 18.1. The van der Waals surface area contributed by atoms with E-state index in [0.717, 1.165) is 0 Å². The molecular formula is C8H7BrFNO2. The highest BCUT2D eigenvalue weighted by atomic mass is 79.9. The number of benzene rings is 1. The number of hydrogen-bond donors (Lipinski definition) is 1. The smallest absolute Gasteiger partial charge is 0.293 e. The number of carbonyl (C=O) groups excluding carboxylic acids is 1. The Hall–Kier alpha value is -1.10. The third-order valence-corrected chi connectivity index (χ3v) is 1.95. The van der Waals surface area contributed by atoms with Crippen LogP contribution in [0.25, 0.3) is 0 Å². The minimum absolute atomic E-state index is 0.144. The topological polar surface area (TPSA) is 52.3 Å². The lowest BCUT2D eigenvalue weighted by Crippen LogP contribution is -2.00. The predicted molar refractivity (Wildman–Crippen MR) is 49.4 cm³/mol. The van der Waals surface area contributed by atoms with E-state index in [1.54, 1.807) is 6.07 Å². The van der Waals surface area contributed by atoms with Crippen LogP contribution in [0, 0.1) is 5.82 Å². The summed E-state index contributed by atoms with van der Waals surface area (Å²) >= 11 is 3.08. The molecule has 0 atom stereocenters. The molecule has 1 aromatic carbocycles. The van der Waals surface area contributed by atoms with Crippen molar-refractivity contribution in [2.24, 2.45) is 0 Å². The second kappa shape index (κ2) is 4.23. The molecule has 0 unspecified atom stereocenters. The number of carbonyl (C=O) groups is 1. The maximum atomic E-state index is 13.1. The van der Waals surface area contributed by atoms with Crippen molar-refractivity contribution in [1.29, 1.82) is 0 Å². The second-order valence-corrected chi connectivity index (χ2v) is 3.28. The number of nitrogens with two attached hydrogens (primary N) is 1. The molecule has 0 aliphatic heterocycles. The van der Waals surface area contributed by atoms with Gasteiger partial charge in [-0.25, -0.2) is 4.39 Å². The van der Waals surface area contributed by atoms with Gasteiger partial charge in [-0.1, -0.05) is 15.9 Å². The quantitative estimate of drug-likeness (QED) is 0.655. The van der Waals surface area contributed by atoms with Gasteiger partial charge in [-0.15, -0.1) is 0 Å². The van der Waals surface area contributed by atoms with Crippen LogP contribution in [0.3, 0.4) is 0 Å². The lowest BCUT2D eigenvalue weighted by molar-refractivity contribution is -0.129. The average molecular weight is 248 g/mol. The van der Waals surface area contributed by atoms with Crippen LogP contribution in [0.2, 0.25) is 0 Å². The van der Waals surface area contributed by atoms with Crippen LogP contribution in [0.5, 0.6) is 0 Å². The molecule has 1 aromatic rings. The van der Waals surface area contributed by atoms with E-state index in [1.807, 2.05) is 0 Å². The van der Waals surface area contributed by atoms with Gasteiger partial charge in [0.1, 0.15) is 12.4 Å². The van der Waals surface area contributed by atoms with Crippen LogP contribution in [-0.4, -0.2) is 6.47 Å². The largest absolute Gasteiger partial charge is 0.463 e. The molecule has 0 saturated carbocycles. The fourth-order valence-electron chi connectivity index (χ4n) is 0.893. The molecule has 0 fully saturated rings. The van der Waals surface area contributed by atoms with E-state index in [2.05, 4.69) is 20.7 Å². The number of rotatable bonds is 3. The fraction of sp³-hybridized carbons (Fsp3) is 0.125.